The summed E-state index contributed by atoms with van der Waals surface area (Å²) in [5, 5.41) is 21.1. The monoisotopic (exact) mass is 326 g/mol. The van der Waals surface area contributed by atoms with Crippen LogP contribution < -0.4 is 0 Å². The summed E-state index contributed by atoms with van der Waals surface area (Å²) in [5.74, 6) is -2.34. The van der Waals surface area contributed by atoms with Gasteiger partial charge < -0.3 is 24.4 Å². The molecule has 2 fully saturated rings. The maximum Gasteiger partial charge on any atom is 0.336 e. The zero-order chi connectivity index (χ0) is 16.9. The fourth-order valence-corrected chi connectivity index (χ4v) is 3.74. The molecule has 7 atom stereocenters. The van der Waals surface area contributed by atoms with Gasteiger partial charge in [-0.2, -0.15) is 0 Å². The molecule has 2 aliphatic heterocycles. The maximum atomic E-state index is 12.0. The summed E-state index contributed by atoms with van der Waals surface area (Å²) in [6.07, 6.45) is -0.987. The Morgan fingerprint density at radius 1 is 1.43 bits per heavy atom. The summed E-state index contributed by atoms with van der Waals surface area (Å²) >= 11 is 0. The number of allylic oxidation sites excluding steroid dienone is 1. The minimum Gasteiger partial charge on any atom is -0.466 e. The summed E-state index contributed by atoms with van der Waals surface area (Å²) in [5.41, 5.74) is -0.444. The van der Waals surface area contributed by atoms with E-state index in [1.54, 1.807) is 13.0 Å². The molecule has 0 aromatic carbocycles. The molecule has 23 heavy (non-hydrogen) atoms. The number of carbonyl (C=O) groups excluding carboxylic acids is 2. The number of aliphatic hydroxyl groups excluding tert-OH is 2. The van der Waals surface area contributed by atoms with Crippen molar-refractivity contribution in [1.82, 2.24) is 0 Å². The minimum atomic E-state index is -1.44. The Bertz CT molecular complexity index is 557. The highest BCUT2D eigenvalue weighted by Gasteiger charge is 2.64. The lowest BCUT2D eigenvalue weighted by atomic mass is 9.78. The molecular weight excluding hydrogens is 304 g/mol. The van der Waals surface area contributed by atoms with Crippen LogP contribution in [0.3, 0.4) is 0 Å². The molecule has 3 rings (SSSR count). The van der Waals surface area contributed by atoms with Crippen LogP contribution in [0.4, 0.5) is 0 Å². The Kier molecular flexibility index (Phi) is 3.98. The first-order valence-electron chi connectivity index (χ1n) is 7.83. The minimum absolute atomic E-state index is 0.00741. The van der Waals surface area contributed by atoms with Crippen molar-refractivity contribution in [3.8, 4) is 0 Å². The van der Waals surface area contributed by atoms with Crippen LogP contribution in [0.25, 0.3) is 0 Å². The molecule has 0 aromatic rings. The van der Waals surface area contributed by atoms with Gasteiger partial charge in [-0.3, -0.25) is 4.79 Å². The second-order valence-corrected chi connectivity index (χ2v) is 6.74. The van der Waals surface area contributed by atoms with Crippen LogP contribution in [0.5, 0.6) is 0 Å². The first-order valence-corrected chi connectivity index (χ1v) is 7.83. The molecule has 0 radical (unpaired) electrons. The van der Waals surface area contributed by atoms with Crippen molar-refractivity contribution in [3.63, 3.8) is 0 Å². The number of carbonyl (C=O) groups is 2. The summed E-state index contributed by atoms with van der Waals surface area (Å²) in [6.45, 7) is 3.57. The average Bonchev–Trinajstić information content (AvgIpc) is 3.10. The molecule has 0 aromatic heterocycles. The Labute approximate surface area is 134 Å². The van der Waals surface area contributed by atoms with Crippen molar-refractivity contribution in [1.29, 1.82) is 0 Å². The van der Waals surface area contributed by atoms with E-state index in [0.29, 0.717) is 12.8 Å². The van der Waals surface area contributed by atoms with E-state index in [1.807, 2.05) is 6.92 Å². The number of esters is 2. The molecule has 0 bridgehead atoms. The van der Waals surface area contributed by atoms with Crippen LogP contribution in [-0.2, 0) is 23.8 Å². The second kappa shape index (κ2) is 5.58. The molecule has 7 nitrogen and oxygen atoms in total. The Balaban J connectivity index is 1.98. The third-order valence-corrected chi connectivity index (χ3v) is 5.28. The van der Waals surface area contributed by atoms with Crippen LogP contribution in [0.1, 0.15) is 26.7 Å². The zero-order valence-corrected chi connectivity index (χ0v) is 13.4. The van der Waals surface area contributed by atoms with Gasteiger partial charge in [0.15, 0.2) is 0 Å². The normalized spacial score (nSPS) is 48.4. The van der Waals surface area contributed by atoms with Crippen LogP contribution in [0.15, 0.2) is 11.6 Å². The van der Waals surface area contributed by atoms with Crippen LogP contribution in [0.2, 0.25) is 0 Å². The number of fused-ring (bicyclic) bond motifs is 3. The largest absolute Gasteiger partial charge is 0.466 e. The zero-order valence-electron chi connectivity index (χ0n) is 13.4. The predicted octanol–water partition coefficient (Wildman–Crippen LogP) is -0.0634. The maximum absolute atomic E-state index is 12.0. The van der Waals surface area contributed by atoms with Crippen molar-refractivity contribution in [2.45, 2.75) is 56.7 Å². The van der Waals surface area contributed by atoms with Gasteiger partial charge in [0.2, 0.25) is 0 Å². The highest BCUT2D eigenvalue weighted by Crippen LogP contribution is 2.50. The average molecular weight is 326 g/mol. The number of rotatable bonds is 1. The van der Waals surface area contributed by atoms with Crippen molar-refractivity contribution in [2.75, 3.05) is 7.11 Å². The molecule has 0 saturated carbocycles. The fourth-order valence-electron chi connectivity index (χ4n) is 3.74. The summed E-state index contributed by atoms with van der Waals surface area (Å²) < 4.78 is 15.8. The third-order valence-electron chi connectivity index (χ3n) is 5.28. The lowest BCUT2D eigenvalue weighted by Crippen LogP contribution is -2.45. The summed E-state index contributed by atoms with van der Waals surface area (Å²) in [6, 6.07) is 0. The number of methoxy groups -OCH3 is 1. The quantitative estimate of drug-likeness (QED) is 0.513. The summed E-state index contributed by atoms with van der Waals surface area (Å²) in [7, 11) is 1.22. The van der Waals surface area contributed by atoms with E-state index in [-0.39, 0.29) is 11.7 Å². The van der Waals surface area contributed by atoms with E-state index in [1.165, 1.54) is 7.11 Å². The first-order chi connectivity index (χ1) is 10.8. The highest BCUT2D eigenvalue weighted by atomic mass is 16.6. The number of ether oxygens (including phenoxy) is 3. The van der Waals surface area contributed by atoms with Gasteiger partial charge in [0.05, 0.1) is 30.3 Å². The SMILES string of the molecule is COC(=O)/C1=C/CC[C@@]2(C)O[C@H]2[C@H]2OC(=O)[C@H](C)[C@H]2[C@@H](O)[C@H]1O. The number of hydrogen-bond donors (Lipinski definition) is 2. The van der Waals surface area contributed by atoms with Gasteiger partial charge in [0, 0.05) is 5.92 Å². The van der Waals surface area contributed by atoms with Gasteiger partial charge in [0.25, 0.3) is 0 Å². The topological polar surface area (TPSA) is 106 Å². The Hall–Kier alpha value is -1.44. The van der Waals surface area contributed by atoms with Gasteiger partial charge >= 0.3 is 11.9 Å². The van der Waals surface area contributed by atoms with E-state index in [4.69, 9.17) is 14.2 Å². The Morgan fingerprint density at radius 3 is 2.78 bits per heavy atom. The molecule has 0 unspecified atom stereocenters. The number of hydrogen-bond acceptors (Lipinski definition) is 7. The second-order valence-electron chi connectivity index (χ2n) is 6.74. The summed E-state index contributed by atoms with van der Waals surface area (Å²) in [4.78, 5) is 23.9. The van der Waals surface area contributed by atoms with Gasteiger partial charge in [-0.15, -0.1) is 0 Å². The van der Waals surface area contributed by atoms with Gasteiger partial charge in [-0.1, -0.05) is 13.0 Å². The van der Waals surface area contributed by atoms with E-state index in [2.05, 4.69) is 0 Å². The van der Waals surface area contributed by atoms with Crippen molar-refractivity contribution < 1.29 is 34.0 Å². The van der Waals surface area contributed by atoms with E-state index < -0.39 is 47.7 Å². The standard InChI is InChI=1S/C16H22O7/c1-7-9-11(18)10(17)8(15(20)21-3)5-4-6-16(2)13(23-16)12(9)22-14(7)19/h5,7,9-13,17-18H,4,6H2,1-3H3/b8-5+/t7-,9+,10+,11-,12+,13+,16-/m1/s1. The molecular formula is C16H22O7. The fraction of sp³-hybridized carbons (Fsp3) is 0.750. The van der Waals surface area contributed by atoms with Crippen molar-refractivity contribution in [3.05, 3.63) is 11.6 Å². The molecule has 1 aliphatic carbocycles. The van der Waals surface area contributed by atoms with Gasteiger partial charge in [0.1, 0.15) is 18.3 Å². The Morgan fingerprint density at radius 2 is 2.13 bits per heavy atom. The van der Waals surface area contributed by atoms with Crippen LogP contribution in [-0.4, -0.2) is 59.3 Å². The first kappa shape index (κ1) is 16.4. The molecule has 0 spiro atoms. The van der Waals surface area contributed by atoms with E-state index in [9.17, 15) is 19.8 Å². The van der Waals surface area contributed by atoms with Crippen LogP contribution in [0, 0.1) is 11.8 Å². The molecule has 0 amide bonds. The molecule has 2 saturated heterocycles. The number of aliphatic hydroxyl groups is 2. The molecule has 3 aliphatic rings. The molecule has 2 heterocycles. The number of epoxide rings is 1. The smallest absolute Gasteiger partial charge is 0.336 e. The molecule has 128 valence electrons. The van der Waals surface area contributed by atoms with Crippen molar-refractivity contribution >= 4 is 11.9 Å². The lowest BCUT2D eigenvalue weighted by Gasteiger charge is -2.29. The van der Waals surface area contributed by atoms with Gasteiger partial charge in [-0.05, 0) is 19.8 Å². The molecule has 2 N–H and O–H groups in total. The van der Waals surface area contributed by atoms with Crippen LogP contribution >= 0.6 is 0 Å². The molecule has 7 heteroatoms. The lowest BCUT2D eigenvalue weighted by molar-refractivity contribution is -0.145. The predicted molar refractivity (Wildman–Crippen MR) is 77.2 cm³/mol. The van der Waals surface area contributed by atoms with E-state index in [0.717, 1.165) is 0 Å². The van der Waals surface area contributed by atoms with E-state index >= 15 is 0 Å². The third kappa shape index (κ3) is 2.56. The van der Waals surface area contributed by atoms with Gasteiger partial charge in [-0.25, -0.2) is 4.79 Å². The van der Waals surface area contributed by atoms with Crippen molar-refractivity contribution in [2.24, 2.45) is 11.8 Å². The highest BCUT2D eigenvalue weighted by molar-refractivity contribution is 5.89.